The van der Waals surface area contributed by atoms with Crippen molar-refractivity contribution >= 4 is 70.1 Å². The Morgan fingerprint density at radius 1 is 0.864 bits per heavy atom. The molecule has 0 saturated carbocycles. The molecule has 0 aliphatic rings. The number of esters is 1. The Morgan fingerprint density at radius 2 is 1.32 bits per heavy atom. The first kappa shape index (κ1) is 17.5. The molecule has 0 amide bonds. The van der Waals surface area contributed by atoms with Gasteiger partial charge in [-0.05, 0) is 17.7 Å². The average molecular weight is 396 g/mol. The summed E-state index contributed by atoms with van der Waals surface area (Å²) in [6.45, 7) is 3.63. The van der Waals surface area contributed by atoms with Gasteiger partial charge in [-0.3, -0.25) is 0 Å². The lowest BCUT2D eigenvalue weighted by Gasteiger charge is -2.12. The number of ether oxygens (including phenoxy) is 1. The summed E-state index contributed by atoms with van der Waals surface area (Å²) in [4.78, 5) is 12.1. The van der Waals surface area contributed by atoms with Gasteiger partial charge in [0.1, 0.15) is 10.0 Å². The average Bonchev–Trinajstić information content (AvgIpc) is 2.55. The summed E-state index contributed by atoms with van der Waals surface area (Å²) in [5, 5.41) is -0.257. The number of rotatable bonds is 3. The van der Waals surface area contributed by atoms with E-state index < -0.39 is 5.97 Å². The highest BCUT2D eigenvalue weighted by Gasteiger charge is 2.23. The summed E-state index contributed by atoms with van der Waals surface area (Å²) in [5.41, 5.74) is 1.17. The largest absolute Gasteiger partial charge is 0.420 e. The smallest absolute Gasteiger partial charge is 0.343 e. The minimum absolute atomic E-state index is 0.00605. The minimum atomic E-state index is -0.658. The van der Waals surface area contributed by atoms with Gasteiger partial charge in [0.25, 0.3) is 0 Å². The van der Waals surface area contributed by atoms with Gasteiger partial charge in [-0.25, -0.2) is 4.79 Å². The maximum Gasteiger partial charge on any atom is 0.343 e. The van der Waals surface area contributed by atoms with Gasteiger partial charge in [-0.2, -0.15) is 0 Å². The summed E-state index contributed by atoms with van der Waals surface area (Å²) < 4.78 is 5.20. The van der Waals surface area contributed by atoms with Gasteiger partial charge in [0.05, 0.1) is 20.6 Å². The molecule has 2 aromatic rings. The van der Waals surface area contributed by atoms with Gasteiger partial charge in [0.2, 0.25) is 0 Å². The topological polar surface area (TPSA) is 26.3 Å². The summed E-state index contributed by atoms with van der Waals surface area (Å²) in [6.07, 6.45) is 1.65. The molecule has 7 heteroatoms. The third kappa shape index (κ3) is 3.37. The van der Waals surface area contributed by atoms with Crippen molar-refractivity contribution in [1.29, 1.82) is 0 Å². The first-order valence-electron chi connectivity index (χ1n) is 5.83. The molecule has 0 fully saturated rings. The van der Waals surface area contributed by atoms with Crippen LogP contribution in [0.15, 0.2) is 30.8 Å². The molecule has 0 saturated heterocycles. The molecule has 0 unspecified atom stereocenters. The highest BCUT2D eigenvalue weighted by atomic mass is 35.5. The van der Waals surface area contributed by atoms with Crippen LogP contribution in [0.5, 0.6) is 5.75 Å². The number of carbonyl (C=O) groups excluding carboxylic acids is 1. The Hall–Kier alpha value is -0.900. The Labute approximate surface area is 152 Å². The summed E-state index contributed by atoms with van der Waals surface area (Å²) >= 11 is 29.7. The van der Waals surface area contributed by atoms with Crippen molar-refractivity contribution in [1.82, 2.24) is 0 Å². The van der Waals surface area contributed by atoms with Gasteiger partial charge in [-0.15, -0.1) is 0 Å². The minimum Gasteiger partial charge on any atom is -0.420 e. The molecular weight excluding hydrogens is 389 g/mol. The highest BCUT2D eigenvalue weighted by Crippen LogP contribution is 2.48. The van der Waals surface area contributed by atoms with Crippen molar-refractivity contribution in [2.75, 3.05) is 0 Å². The standard InChI is InChI=1S/C15H7Cl5O2/c1-2-7-3-5-8(6-4-7)15(21)22-14-12(19)10(17)9(16)11(18)13(14)20/h2-6H,1H2. The van der Waals surface area contributed by atoms with Crippen molar-refractivity contribution in [2.24, 2.45) is 0 Å². The van der Waals surface area contributed by atoms with E-state index >= 15 is 0 Å². The van der Waals surface area contributed by atoms with Crippen molar-refractivity contribution in [2.45, 2.75) is 0 Å². The van der Waals surface area contributed by atoms with E-state index in [0.29, 0.717) is 5.56 Å². The second kappa shape index (κ2) is 7.12. The van der Waals surface area contributed by atoms with E-state index in [4.69, 9.17) is 62.7 Å². The molecule has 0 radical (unpaired) electrons. The van der Waals surface area contributed by atoms with E-state index in [0.717, 1.165) is 5.56 Å². The predicted molar refractivity (Wildman–Crippen MR) is 93.0 cm³/mol. The van der Waals surface area contributed by atoms with E-state index in [1.807, 2.05) is 0 Å². The molecule has 0 bridgehead atoms. The van der Waals surface area contributed by atoms with Crippen LogP contribution in [0.25, 0.3) is 6.08 Å². The molecule has 0 aromatic heterocycles. The number of hydrogen-bond acceptors (Lipinski definition) is 2. The normalized spacial score (nSPS) is 10.4. The Bertz CT molecular complexity index is 725. The monoisotopic (exact) mass is 394 g/mol. The van der Waals surface area contributed by atoms with E-state index in [1.54, 1.807) is 30.3 Å². The first-order valence-corrected chi connectivity index (χ1v) is 7.72. The Morgan fingerprint density at radius 3 is 1.77 bits per heavy atom. The van der Waals surface area contributed by atoms with Crippen molar-refractivity contribution in [3.8, 4) is 5.75 Å². The van der Waals surface area contributed by atoms with Crippen molar-refractivity contribution < 1.29 is 9.53 Å². The van der Waals surface area contributed by atoms with Crippen LogP contribution in [0.1, 0.15) is 15.9 Å². The predicted octanol–water partition coefficient (Wildman–Crippen LogP) is 6.82. The molecule has 0 heterocycles. The van der Waals surface area contributed by atoms with Gasteiger partial charge >= 0.3 is 5.97 Å². The molecule has 0 spiro atoms. The molecule has 22 heavy (non-hydrogen) atoms. The van der Waals surface area contributed by atoms with Crippen molar-refractivity contribution in [3.05, 3.63) is 67.1 Å². The zero-order chi connectivity index (χ0) is 16.4. The van der Waals surface area contributed by atoms with Gasteiger partial charge in [0, 0.05) is 0 Å². The zero-order valence-corrected chi connectivity index (χ0v) is 14.6. The number of hydrogen-bond donors (Lipinski definition) is 0. The third-order valence-corrected chi connectivity index (χ3v) is 4.99. The second-order valence-corrected chi connectivity index (χ2v) is 6.00. The van der Waals surface area contributed by atoms with E-state index in [1.165, 1.54) is 0 Å². The van der Waals surface area contributed by atoms with Crippen LogP contribution >= 0.6 is 58.0 Å². The summed E-state index contributed by atoms with van der Waals surface area (Å²) in [6, 6.07) is 6.60. The number of carbonyl (C=O) groups is 1. The molecule has 2 rings (SSSR count). The lowest BCUT2D eigenvalue weighted by Crippen LogP contribution is -2.09. The van der Waals surface area contributed by atoms with E-state index in [-0.39, 0.29) is 30.9 Å². The van der Waals surface area contributed by atoms with Crippen LogP contribution < -0.4 is 4.74 Å². The van der Waals surface area contributed by atoms with Crippen LogP contribution in [-0.4, -0.2) is 5.97 Å². The highest BCUT2D eigenvalue weighted by molar-refractivity contribution is 6.55. The number of benzene rings is 2. The fourth-order valence-corrected chi connectivity index (χ4v) is 2.78. The summed E-state index contributed by atoms with van der Waals surface area (Å²) in [5.74, 6) is -0.797. The SMILES string of the molecule is C=Cc1ccc(C(=O)Oc2c(Cl)c(Cl)c(Cl)c(Cl)c2Cl)cc1. The zero-order valence-electron chi connectivity index (χ0n) is 10.8. The van der Waals surface area contributed by atoms with Gasteiger partial charge in [0.15, 0.2) is 5.75 Å². The molecule has 2 nitrogen and oxygen atoms in total. The molecule has 0 aliphatic heterocycles. The third-order valence-electron chi connectivity index (χ3n) is 2.75. The maximum atomic E-state index is 12.1. The fourth-order valence-electron chi connectivity index (χ4n) is 1.58. The molecule has 2 aromatic carbocycles. The molecule has 0 N–H and O–H groups in total. The molecule has 0 atom stereocenters. The Balaban J connectivity index is 2.38. The Kier molecular flexibility index (Phi) is 5.65. The van der Waals surface area contributed by atoms with Gasteiger partial charge < -0.3 is 4.74 Å². The second-order valence-electron chi connectivity index (χ2n) is 4.11. The van der Waals surface area contributed by atoms with Crippen LogP contribution in [0, 0.1) is 0 Å². The van der Waals surface area contributed by atoms with Crippen LogP contribution in [0.4, 0.5) is 0 Å². The molecular formula is C15H7Cl5O2. The van der Waals surface area contributed by atoms with Crippen LogP contribution in [0.2, 0.25) is 25.1 Å². The van der Waals surface area contributed by atoms with Crippen LogP contribution in [-0.2, 0) is 0 Å². The lowest BCUT2D eigenvalue weighted by atomic mass is 10.1. The van der Waals surface area contributed by atoms with Crippen LogP contribution in [0.3, 0.4) is 0 Å². The number of halogens is 5. The molecule has 114 valence electrons. The summed E-state index contributed by atoms with van der Waals surface area (Å²) in [7, 11) is 0. The maximum absolute atomic E-state index is 12.1. The first-order chi connectivity index (χ1) is 10.4. The van der Waals surface area contributed by atoms with Gasteiger partial charge in [-0.1, -0.05) is 82.8 Å². The molecule has 0 aliphatic carbocycles. The van der Waals surface area contributed by atoms with E-state index in [9.17, 15) is 4.79 Å². The lowest BCUT2D eigenvalue weighted by molar-refractivity contribution is 0.0735. The van der Waals surface area contributed by atoms with E-state index in [2.05, 4.69) is 6.58 Å². The van der Waals surface area contributed by atoms with Crippen molar-refractivity contribution in [3.63, 3.8) is 0 Å². The fraction of sp³-hybridized carbons (Fsp3) is 0. The quantitative estimate of drug-likeness (QED) is 0.246.